The van der Waals surface area contributed by atoms with E-state index >= 15 is 0 Å². The van der Waals surface area contributed by atoms with Crippen LogP contribution in [0.3, 0.4) is 0 Å². The number of rotatable bonds is 6. The predicted molar refractivity (Wildman–Crippen MR) is 87.5 cm³/mol. The van der Waals surface area contributed by atoms with Crippen molar-refractivity contribution < 1.29 is 0 Å². The molecule has 2 aromatic rings. The Hall–Kier alpha value is -1.32. The van der Waals surface area contributed by atoms with Crippen LogP contribution in [0.25, 0.3) is 0 Å². The van der Waals surface area contributed by atoms with Crippen LogP contribution in [0.4, 0.5) is 5.69 Å². The quantitative estimate of drug-likeness (QED) is 0.865. The van der Waals surface area contributed by atoms with E-state index in [2.05, 4.69) is 59.9 Å². The molecule has 1 aliphatic carbocycles. The van der Waals surface area contributed by atoms with Gasteiger partial charge in [-0.15, -0.1) is 11.3 Å². The van der Waals surface area contributed by atoms with Crippen LogP contribution >= 0.6 is 11.3 Å². The molecule has 0 aliphatic heterocycles. The first-order chi connectivity index (χ1) is 9.72. The SMILES string of the molecule is Cc1cc(CNC2CC2)ccc1N(C)Cc1cccs1. The zero-order valence-electron chi connectivity index (χ0n) is 12.2. The van der Waals surface area contributed by atoms with Gasteiger partial charge in [-0.2, -0.15) is 0 Å². The maximum Gasteiger partial charge on any atom is 0.0519 e. The highest BCUT2D eigenvalue weighted by Crippen LogP contribution is 2.24. The summed E-state index contributed by atoms with van der Waals surface area (Å²) in [5, 5.41) is 5.71. The number of hydrogen-bond donors (Lipinski definition) is 1. The standard InChI is InChI=1S/C17H22N2S/c1-13-10-14(11-18-15-6-7-15)5-8-17(13)19(2)12-16-4-3-9-20-16/h3-5,8-10,15,18H,6-7,11-12H2,1-2H3. The van der Waals surface area contributed by atoms with Gasteiger partial charge >= 0.3 is 0 Å². The molecule has 0 unspecified atom stereocenters. The number of hydrogen-bond acceptors (Lipinski definition) is 3. The molecule has 0 amide bonds. The van der Waals surface area contributed by atoms with E-state index in [1.807, 2.05) is 11.3 Å². The molecular weight excluding hydrogens is 264 g/mol. The first-order valence-corrected chi connectivity index (χ1v) is 8.17. The first kappa shape index (κ1) is 13.7. The molecule has 0 saturated heterocycles. The number of anilines is 1. The monoisotopic (exact) mass is 286 g/mol. The first-order valence-electron chi connectivity index (χ1n) is 7.29. The second-order valence-electron chi connectivity index (χ2n) is 5.71. The van der Waals surface area contributed by atoms with E-state index < -0.39 is 0 Å². The third-order valence-corrected chi connectivity index (χ3v) is 4.68. The van der Waals surface area contributed by atoms with Gasteiger partial charge in [-0.25, -0.2) is 0 Å². The maximum absolute atomic E-state index is 3.57. The van der Waals surface area contributed by atoms with Crippen molar-refractivity contribution in [3.63, 3.8) is 0 Å². The highest BCUT2D eigenvalue weighted by molar-refractivity contribution is 7.09. The predicted octanol–water partition coefficient (Wildman–Crippen LogP) is 3.94. The third kappa shape index (κ3) is 3.41. The fourth-order valence-electron chi connectivity index (χ4n) is 2.53. The lowest BCUT2D eigenvalue weighted by Crippen LogP contribution is -2.18. The van der Waals surface area contributed by atoms with Crippen molar-refractivity contribution in [2.24, 2.45) is 0 Å². The number of nitrogens with zero attached hydrogens (tertiary/aromatic N) is 1. The van der Waals surface area contributed by atoms with Crippen LogP contribution < -0.4 is 10.2 Å². The molecule has 0 atom stereocenters. The lowest BCUT2D eigenvalue weighted by molar-refractivity contribution is 0.687. The lowest BCUT2D eigenvalue weighted by atomic mass is 10.1. The van der Waals surface area contributed by atoms with Crippen LogP contribution in [-0.2, 0) is 13.1 Å². The van der Waals surface area contributed by atoms with Crippen molar-refractivity contribution in [1.82, 2.24) is 5.32 Å². The molecular formula is C17H22N2S. The summed E-state index contributed by atoms with van der Waals surface area (Å²) < 4.78 is 0. The van der Waals surface area contributed by atoms with Gasteiger partial charge in [0.1, 0.15) is 0 Å². The molecule has 1 aromatic heterocycles. The fourth-order valence-corrected chi connectivity index (χ4v) is 3.28. The lowest BCUT2D eigenvalue weighted by Gasteiger charge is -2.21. The molecule has 3 heteroatoms. The van der Waals surface area contributed by atoms with Crippen LogP contribution in [0.2, 0.25) is 0 Å². The van der Waals surface area contributed by atoms with E-state index in [-0.39, 0.29) is 0 Å². The number of aryl methyl sites for hydroxylation is 1. The molecule has 1 fully saturated rings. The Morgan fingerprint density at radius 3 is 2.80 bits per heavy atom. The van der Waals surface area contributed by atoms with Gasteiger partial charge in [0.2, 0.25) is 0 Å². The van der Waals surface area contributed by atoms with Gasteiger partial charge in [0.05, 0.1) is 6.54 Å². The summed E-state index contributed by atoms with van der Waals surface area (Å²) in [5.41, 5.74) is 4.08. The van der Waals surface area contributed by atoms with E-state index in [1.165, 1.54) is 34.5 Å². The summed E-state index contributed by atoms with van der Waals surface area (Å²) in [7, 11) is 2.17. The van der Waals surface area contributed by atoms with Crippen molar-refractivity contribution >= 4 is 17.0 Å². The van der Waals surface area contributed by atoms with Gasteiger partial charge in [0.25, 0.3) is 0 Å². The van der Waals surface area contributed by atoms with Crippen molar-refractivity contribution in [2.45, 2.75) is 38.9 Å². The summed E-state index contributed by atoms with van der Waals surface area (Å²) in [6, 6.07) is 11.9. The van der Waals surface area contributed by atoms with Crippen LogP contribution in [-0.4, -0.2) is 13.1 Å². The van der Waals surface area contributed by atoms with Gasteiger partial charge in [-0.1, -0.05) is 18.2 Å². The zero-order valence-corrected chi connectivity index (χ0v) is 13.0. The van der Waals surface area contributed by atoms with Crippen LogP contribution in [0.1, 0.15) is 28.8 Å². The Morgan fingerprint density at radius 2 is 2.15 bits per heavy atom. The number of thiophene rings is 1. The zero-order chi connectivity index (χ0) is 13.9. The molecule has 20 heavy (non-hydrogen) atoms. The van der Waals surface area contributed by atoms with E-state index in [0.717, 1.165) is 19.1 Å². The smallest absolute Gasteiger partial charge is 0.0519 e. The average molecular weight is 286 g/mol. The van der Waals surface area contributed by atoms with Gasteiger partial charge in [0.15, 0.2) is 0 Å². The highest BCUT2D eigenvalue weighted by Gasteiger charge is 2.20. The Bertz CT molecular complexity index is 558. The molecule has 1 heterocycles. The second kappa shape index (κ2) is 5.98. The molecule has 1 saturated carbocycles. The summed E-state index contributed by atoms with van der Waals surface area (Å²) in [6.45, 7) is 4.19. The van der Waals surface area contributed by atoms with Crippen LogP contribution in [0.5, 0.6) is 0 Å². The second-order valence-corrected chi connectivity index (χ2v) is 6.74. The molecule has 0 spiro atoms. The van der Waals surface area contributed by atoms with Crippen LogP contribution in [0, 0.1) is 6.92 Å². The highest BCUT2D eigenvalue weighted by atomic mass is 32.1. The van der Waals surface area contributed by atoms with E-state index in [4.69, 9.17) is 0 Å². The molecule has 2 nitrogen and oxygen atoms in total. The Kier molecular flexibility index (Phi) is 4.08. The number of nitrogens with one attached hydrogen (secondary N) is 1. The van der Waals surface area contributed by atoms with E-state index in [0.29, 0.717) is 0 Å². The maximum atomic E-state index is 3.57. The summed E-state index contributed by atoms with van der Waals surface area (Å²) in [6.07, 6.45) is 2.70. The molecule has 106 valence electrons. The van der Waals surface area contributed by atoms with Gasteiger partial charge in [0, 0.05) is 30.2 Å². The van der Waals surface area contributed by atoms with Crippen molar-refractivity contribution in [1.29, 1.82) is 0 Å². The van der Waals surface area contributed by atoms with Gasteiger partial charge in [-0.3, -0.25) is 0 Å². The average Bonchev–Trinajstić information content (AvgIpc) is 3.13. The van der Waals surface area contributed by atoms with Crippen LogP contribution in [0.15, 0.2) is 35.7 Å². The van der Waals surface area contributed by atoms with Gasteiger partial charge in [-0.05, 0) is 48.4 Å². The van der Waals surface area contributed by atoms with Gasteiger partial charge < -0.3 is 10.2 Å². The molecule has 1 N–H and O–H groups in total. The van der Waals surface area contributed by atoms with Crippen molar-refractivity contribution in [2.75, 3.05) is 11.9 Å². The van der Waals surface area contributed by atoms with E-state index in [1.54, 1.807) is 0 Å². The Balaban J connectivity index is 1.66. The minimum atomic E-state index is 0.775. The van der Waals surface area contributed by atoms with Crippen molar-refractivity contribution in [3.8, 4) is 0 Å². The molecule has 1 aromatic carbocycles. The fraction of sp³-hybridized carbons (Fsp3) is 0.412. The Labute approximate surface area is 125 Å². The Morgan fingerprint density at radius 1 is 1.30 bits per heavy atom. The minimum Gasteiger partial charge on any atom is -0.369 e. The van der Waals surface area contributed by atoms with Crippen molar-refractivity contribution in [3.05, 3.63) is 51.7 Å². The summed E-state index contributed by atoms with van der Waals surface area (Å²) >= 11 is 1.82. The minimum absolute atomic E-state index is 0.775. The summed E-state index contributed by atoms with van der Waals surface area (Å²) in [5.74, 6) is 0. The third-order valence-electron chi connectivity index (χ3n) is 3.82. The molecule has 3 rings (SSSR count). The largest absolute Gasteiger partial charge is 0.369 e. The molecule has 0 bridgehead atoms. The normalized spacial score (nSPS) is 14.5. The number of benzene rings is 1. The topological polar surface area (TPSA) is 15.3 Å². The van der Waals surface area contributed by atoms with E-state index in [9.17, 15) is 0 Å². The molecule has 1 aliphatic rings. The summed E-state index contributed by atoms with van der Waals surface area (Å²) in [4.78, 5) is 3.74. The molecule has 0 radical (unpaired) electrons.